The molecule has 102 valence electrons. The number of hydrogen-bond donors (Lipinski definition) is 2. The Morgan fingerprint density at radius 2 is 2.11 bits per heavy atom. The van der Waals surface area contributed by atoms with E-state index in [-0.39, 0.29) is 6.04 Å². The zero-order valence-corrected chi connectivity index (χ0v) is 11.6. The molecule has 2 rings (SSSR count). The summed E-state index contributed by atoms with van der Waals surface area (Å²) >= 11 is 0. The fourth-order valence-electron chi connectivity index (χ4n) is 1.96. The van der Waals surface area contributed by atoms with Crippen molar-refractivity contribution in [1.29, 1.82) is 0 Å². The van der Waals surface area contributed by atoms with Gasteiger partial charge in [0.2, 0.25) is 0 Å². The van der Waals surface area contributed by atoms with Gasteiger partial charge in [-0.25, -0.2) is 0 Å². The SMILES string of the molecule is CCOc1cc(N)cc(NC(C)c2ccc(C)o2)c1. The smallest absolute Gasteiger partial charge is 0.126 e. The van der Waals surface area contributed by atoms with Crippen molar-refractivity contribution in [3.63, 3.8) is 0 Å². The Balaban J connectivity index is 2.14. The second-order valence-corrected chi connectivity index (χ2v) is 4.54. The Kier molecular flexibility index (Phi) is 4.00. The Morgan fingerprint density at radius 3 is 2.74 bits per heavy atom. The summed E-state index contributed by atoms with van der Waals surface area (Å²) in [6.45, 7) is 6.55. The van der Waals surface area contributed by atoms with Crippen molar-refractivity contribution in [1.82, 2.24) is 0 Å². The van der Waals surface area contributed by atoms with Gasteiger partial charge in [0.15, 0.2) is 0 Å². The first-order valence-electron chi connectivity index (χ1n) is 6.44. The van der Waals surface area contributed by atoms with E-state index in [4.69, 9.17) is 14.9 Å². The molecule has 0 aliphatic rings. The molecular weight excluding hydrogens is 240 g/mol. The van der Waals surface area contributed by atoms with Gasteiger partial charge in [-0.1, -0.05) is 0 Å². The van der Waals surface area contributed by atoms with E-state index in [2.05, 4.69) is 5.32 Å². The number of benzene rings is 1. The fraction of sp³-hybridized carbons (Fsp3) is 0.333. The average Bonchev–Trinajstić information content (AvgIpc) is 2.75. The highest BCUT2D eigenvalue weighted by atomic mass is 16.5. The van der Waals surface area contributed by atoms with Gasteiger partial charge in [-0.2, -0.15) is 0 Å². The van der Waals surface area contributed by atoms with Gasteiger partial charge in [0.1, 0.15) is 17.3 Å². The Morgan fingerprint density at radius 1 is 1.32 bits per heavy atom. The Labute approximate surface area is 113 Å². The zero-order chi connectivity index (χ0) is 13.8. The summed E-state index contributed by atoms with van der Waals surface area (Å²) in [7, 11) is 0. The summed E-state index contributed by atoms with van der Waals surface area (Å²) in [6.07, 6.45) is 0. The third-order valence-corrected chi connectivity index (χ3v) is 2.81. The molecule has 1 aromatic carbocycles. The summed E-state index contributed by atoms with van der Waals surface area (Å²) in [6, 6.07) is 9.64. The first kappa shape index (κ1) is 13.3. The minimum absolute atomic E-state index is 0.0741. The van der Waals surface area contributed by atoms with Crippen LogP contribution in [0.3, 0.4) is 0 Å². The highest BCUT2D eigenvalue weighted by Gasteiger charge is 2.10. The van der Waals surface area contributed by atoms with Crippen LogP contribution in [0.4, 0.5) is 11.4 Å². The van der Waals surface area contributed by atoms with Gasteiger partial charge < -0.3 is 20.2 Å². The number of furan rings is 1. The predicted octanol–water partition coefficient (Wildman–Crippen LogP) is 3.74. The van der Waals surface area contributed by atoms with Crippen LogP contribution in [-0.4, -0.2) is 6.61 Å². The maximum atomic E-state index is 5.86. The summed E-state index contributed by atoms with van der Waals surface area (Å²) in [5, 5.41) is 3.36. The number of nitrogen functional groups attached to an aromatic ring is 1. The van der Waals surface area contributed by atoms with Gasteiger partial charge in [0.25, 0.3) is 0 Å². The van der Waals surface area contributed by atoms with Crippen molar-refractivity contribution in [3.05, 3.63) is 41.9 Å². The monoisotopic (exact) mass is 260 g/mol. The molecule has 0 amide bonds. The maximum absolute atomic E-state index is 5.86. The number of nitrogens with one attached hydrogen (secondary N) is 1. The minimum atomic E-state index is 0.0741. The molecule has 0 radical (unpaired) electrons. The lowest BCUT2D eigenvalue weighted by Gasteiger charge is -2.15. The van der Waals surface area contributed by atoms with Crippen LogP contribution in [0.5, 0.6) is 5.75 Å². The van der Waals surface area contributed by atoms with E-state index >= 15 is 0 Å². The lowest BCUT2D eigenvalue weighted by molar-refractivity contribution is 0.340. The van der Waals surface area contributed by atoms with E-state index in [1.165, 1.54) is 0 Å². The molecule has 0 saturated heterocycles. The molecule has 4 heteroatoms. The second kappa shape index (κ2) is 5.69. The highest BCUT2D eigenvalue weighted by Crippen LogP contribution is 2.26. The normalized spacial score (nSPS) is 12.2. The number of nitrogens with two attached hydrogens (primary N) is 1. The zero-order valence-electron chi connectivity index (χ0n) is 11.6. The van der Waals surface area contributed by atoms with Gasteiger partial charge in [0, 0.05) is 23.5 Å². The molecule has 0 bridgehead atoms. The molecule has 0 saturated carbocycles. The predicted molar refractivity (Wildman–Crippen MR) is 77.5 cm³/mol. The van der Waals surface area contributed by atoms with Crippen molar-refractivity contribution in [2.24, 2.45) is 0 Å². The fourth-order valence-corrected chi connectivity index (χ4v) is 1.96. The quantitative estimate of drug-likeness (QED) is 0.804. The Hall–Kier alpha value is -2.10. The van der Waals surface area contributed by atoms with Crippen LogP contribution in [0.25, 0.3) is 0 Å². The van der Waals surface area contributed by atoms with Gasteiger partial charge in [-0.3, -0.25) is 0 Å². The molecule has 4 nitrogen and oxygen atoms in total. The molecule has 0 spiro atoms. The van der Waals surface area contributed by atoms with Crippen molar-refractivity contribution >= 4 is 11.4 Å². The van der Waals surface area contributed by atoms with E-state index in [0.717, 1.165) is 23.0 Å². The highest BCUT2D eigenvalue weighted by molar-refractivity contribution is 5.59. The van der Waals surface area contributed by atoms with Crippen LogP contribution >= 0.6 is 0 Å². The lowest BCUT2D eigenvalue weighted by atomic mass is 10.2. The van der Waals surface area contributed by atoms with E-state index in [1.807, 2.05) is 51.1 Å². The number of anilines is 2. The summed E-state index contributed by atoms with van der Waals surface area (Å²) < 4.78 is 11.1. The summed E-state index contributed by atoms with van der Waals surface area (Å²) in [5.74, 6) is 2.58. The number of ether oxygens (including phenoxy) is 1. The largest absolute Gasteiger partial charge is 0.494 e. The molecule has 0 fully saturated rings. The van der Waals surface area contributed by atoms with Crippen molar-refractivity contribution in [3.8, 4) is 5.75 Å². The van der Waals surface area contributed by atoms with Gasteiger partial charge >= 0.3 is 0 Å². The standard InChI is InChI=1S/C15H20N2O2/c1-4-18-14-8-12(16)7-13(9-14)17-11(3)15-6-5-10(2)19-15/h5-9,11,17H,4,16H2,1-3H3. The minimum Gasteiger partial charge on any atom is -0.494 e. The molecule has 3 N–H and O–H groups in total. The van der Waals surface area contributed by atoms with Crippen LogP contribution in [0.15, 0.2) is 34.7 Å². The lowest BCUT2D eigenvalue weighted by Crippen LogP contribution is -2.06. The molecular formula is C15H20N2O2. The molecule has 19 heavy (non-hydrogen) atoms. The molecule has 0 aliphatic carbocycles. The van der Waals surface area contributed by atoms with Gasteiger partial charge in [-0.15, -0.1) is 0 Å². The van der Waals surface area contributed by atoms with Crippen LogP contribution in [0.2, 0.25) is 0 Å². The molecule has 1 aromatic heterocycles. The third kappa shape index (κ3) is 3.44. The van der Waals surface area contributed by atoms with Crippen LogP contribution < -0.4 is 15.8 Å². The van der Waals surface area contributed by atoms with Gasteiger partial charge in [0.05, 0.1) is 12.6 Å². The van der Waals surface area contributed by atoms with E-state index < -0.39 is 0 Å². The van der Waals surface area contributed by atoms with Crippen molar-refractivity contribution in [2.75, 3.05) is 17.7 Å². The van der Waals surface area contributed by atoms with Crippen LogP contribution in [0, 0.1) is 6.92 Å². The number of hydrogen-bond acceptors (Lipinski definition) is 4. The summed E-state index contributed by atoms with van der Waals surface area (Å²) in [4.78, 5) is 0. The van der Waals surface area contributed by atoms with E-state index in [9.17, 15) is 0 Å². The van der Waals surface area contributed by atoms with E-state index in [1.54, 1.807) is 0 Å². The third-order valence-electron chi connectivity index (χ3n) is 2.81. The first-order valence-corrected chi connectivity index (χ1v) is 6.44. The first-order chi connectivity index (χ1) is 9.08. The molecule has 1 unspecified atom stereocenters. The van der Waals surface area contributed by atoms with E-state index in [0.29, 0.717) is 12.3 Å². The molecule has 1 atom stereocenters. The van der Waals surface area contributed by atoms with Gasteiger partial charge in [-0.05, 0) is 39.0 Å². The van der Waals surface area contributed by atoms with Crippen LogP contribution in [0.1, 0.15) is 31.4 Å². The topological polar surface area (TPSA) is 60.4 Å². The Bertz CT molecular complexity index is 549. The number of aryl methyl sites for hydroxylation is 1. The van der Waals surface area contributed by atoms with Crippen LogP contribution in [-0.2, 0) is 0 Å². The molecule has 2 aromatic rings. The molecule has 0 aliphatic heterocycles. The summed E-state index contributed by atoms with van der Waals surface area (Å²) in [5.41, 5.74) is 7.46. The maximum Gasteiger partial charge on any atom is 0.126 e. The molecule has 1 heterocycles. The van der Waals surface area contributed by atoms with Crippen molar-refractivity contribution < 1.29 is 9.15 Å². The number of rotatable bonds is 5. The second-order valence-electron chi connectivity index (χ2n) is 4.54. The van der Waals surface area contributed by atoms with Crippen molar-refractivity contribution in [2.45, 2.75) is 26.8 Å². The average molecular weight is 260 g/mol.